The highest BCUT2D eigenvalue weighted by Gasteiger charge is 2.18. The Labute approximate surface area is 132 Å². The van der Waals surface area contributed by atoms with Gasteiger partial charge in [0.05, 0.1) is 0 Å². The van der Waals surface area contributed by atoms with Crippen LogP contribution in [0.15, 0.2) is 34.8 Å². The predicted molar refractivity (Wildman–Crippen MR) is 87.6 cm³/mol. The van der Waals surface area contributed by atoms with E-state index in [0.29, 0.717) is 10.6 Å². The van der Waals surface area contributed by atoms with Gasteiger partial charge in [-0.3, -0.25) is 0 Å². The third kappa shape index (κ3) is 3.36. The third-order valence-corrected chi connectivity index (χ3v) is 4.57. The molecule has 2 nitrogen and oxygen atoms in total. The molecule has 1 aliphatic rings. The zero-order valence-corrected chi connectivity index (χ0v) is 13.6. The number of hydrogen-bond acceptors (Lipinski definition) is 2. The fraction of sp³-hybridized carbons (Fsp3) is 0.375. The third-order valence-electron chi connectivity index (χ3n) is 3.87. The number of hydrogen-bond donors (Lipinski definition) is 1. The van der Waals surface area contributed by atoms with Crippen LogP contribution in [0, 0.1) is 4.64 Å². The van der Waals surface area contributed by atoms with Gasteiger partial charge in [-0.15, -0.1) is 0 Å². The minimum absolute atomic E-state index is 0.640. The summed E-state index contributed by atoms with van der Waals surface area (Å²) in [5.74, 6) is 1.61. The van der Waals surface area contributed by atoms with E-state index >= 15 is 0 Å². The van der Waals surface area contributed by atoms with Crippen LogP contribution in [-0.2, 0) is 6.42 Å². The monoisotopic (exact) mass is 348 g/mol. The number of nitrogens with one attached hydrogen (secondary N) is 1. The number of aromatic amines is 1. The van der Waals surface area contributed by atoms with Gasteiger partial charge in [-0.2, -0.15) is 0 Å². The molecule has 0 bridgehead atoms. The molecule has 0 saturated heterocycles. The van der Waals surface area contributed by atoms with E-state index in [0.717, 1.165) is 16.7 Å². The molecule has 1 aromatic carbocycles. The van der Waals surface area contributed by atoms with Gasteiger partial charge in [0.15, 0.2) is 0 Å². The van der Waals surface area contributed by atoms with E-state index < -0.39 is 0 Å². The summed E-state index contributed by atoms with van der Waals surface area (Å²) >= 11 is 8.83. The molecular formula is C16H17BrN2S. The number of halogens is 1. The van der Waals surface area contributed by atoms with Crippen molar-refractivity contribution in [1.82, 2.24) is 9.97 Å². The molecule has 0 atom stereocenters. The maximum absolute atomic E-state index is 5.32. The Morgan fingerprint density at radius 3 is 2.80 bits per heavy atom. The second-order valence-corrected chi connectivity index (χ2v) is 6.74. The van der Waals surface area contributed by atoms with Gasteiger partial charge in [0.25, 0.3) is 0 Å². The quantitative estimate of drug-likeness (QED) is 0.777. The Morgan fingerprint density at radius 1 is 1.25 bits per heavy atom. The number of benzene rings is 1. The van der Waals surface area contributed by atoms with Crippen LogP contribution in [0.3, 0.4) is 0 Å². The van der Waals surface area contributed by atoms with Crippen LogP contribution in [-0.4, -0.2) is 9.97 Å². The van der Waals surface area contributed by atoms with Crippen LogP contribution in [0.25, 0.3) is 0 Å². The molecule has 1 N–H and O–H groups in total. The molecule has 104 valence electrons. The highest BCUT2D eigenvalue weighted by atomic mass is 79.9. The molecule has 0 unspecified atom stereocenters. The summed E-state index contributed by atoms with van der Waals surface area (Å²) in [6, 6.07) is 10.4. The first kappa shape index (κ1) is 14.0. The first-order chi connectivity index (χ1) is 9.70. The number of rotatable bonds is 3. The minimum Gasteiger partial charge on any atom is -0.347 e. The van der Waals surface area contributed by atoms with E-state index in [-0.39, 0.29) is 0 Å². The average Bonchev–Trinajstić information content (AvgIpc) is 2.91. The Kier molecular flexibility index (Phi) is 4.32. The molecule has 1 heterocycles. The summed E-state index contributed by atoms with van der Waals surface area (Å²) in [5, 5.41) is 0. The summed E-state index contributed by atoms with van der Waals surface area (Å²) < 4.78 is 1.80. The second kappa shape index (κ2) is 6.19. The number of aromatic nitrogens is 2. The van der Waals surface area contributed by atoms with Crippen LogP contribution in [0.4, 0.5) is 0 Å². The van der Waals surface area contributed by atoms with Crippen LogP contribution in [0.2, 0.25) is 0 Å². The molecule has 3 rings (SSSR count). The topological polar surface area (TPSA) is 28.7 Å². The van der Waals surface area contributed by atoms with Gasteiger partial charge in [-0.05, 0) is 42.5 Å². The van der Waals surface area contributed by atoms with E-state index in [2.05, 4.69) is 44.1 Å². The Hall–Kier alpha value is -1.00. The highest BCUT2D eigenvalue weighted by molar-refractivity contribution is 9.10. The van der Waals surface area contributed by atoms with Gasteiger partial charge in [0.2, 0.25) is 0 Å². The fourth-order valence-corrected chi connectivity index (χ4v) is 3.59. The van der Waals surface area contributed by atoms with Crippen LogP contribution < -0.4 is 0 Å². The maximum atomic E-state index is 5.32. The van der Waals surface area contributed by atoms with Crippen molar-refractivity contribution < 1.29 is 0 Å². The smallest absolute Gasteiger partial charge is 0.130 e. The van der Waals surface area contributed by atoms with Crippen molar-refractivity contribution in [3.63, 3.8) is 0 Å². The normalized spacial score (nSPS) is 15.7. The zero-order valence-electron chi connectivity index (χ0n) is 11.2. The van der Waals surface area contributed by atoms with Crippen molar-refractivity contribution in [1.29, 1.82) is 0 Å². The van der Waals surface area contributed by atoms with Crippen LogP contribution in [0.1, 0.15) is 48.7 Å². The number of nitrogens with zero attached hydrogens (tertiary/aromatic N) is 1. The molecule has 0 radical (unpaired) electrons. The first-order valence-electron chi connectivity index (χ1n) is 7.05. The van der Waals surface area contributed by atoms with Gasteiger partial charge in [0.1, 0.15) is 10.5 Å². The molecule has 0 aliphatic heterocycles. The van der Waals surface area contributed by atoms with Gasteiger partial charge in [0, 0.05) is 16.6 Å². The summed E-state index contributed by atoms with van der Waals surface area (Å²) in [7, 11) is 0. The summed E-state index contributed by atoms with van der Waals surface area (Å²) in [6.07, 6.45) is 5.99. The zero-order chi connectivity index (χ0) is 13.9. The fourth-order valence-electron chi connectivity index (χ4n) is 2.91. The van der Waals surface area contributed by atoms with Crippen molar-refractivity contribution in [2.24, 2.45) is 0 Å². The lowest BCUT2D eigenvalue weighted by atomic mass is 10.0. The van der Waals surface area contributed by atoms with Gasteiger partial charge in [-0.1, -0.05) is 53.1 Å². The Balaban J connectivity index is 1.87. The van der Waals surface area contributed by atoms with Crippen LogP contribution >= 0.6 is 28.1 Å². The summed E-state index contributed by atoms with van der Waals surface area (Å²) in [5.41, 5.74) is 2.51. The lowest BCUT2D eigenvalue weighted by Gasteiger charge is -2.11. The largest absolute Gasteiger partial charge is 0.347 e. The summed E-state index contributed by atoms with van der Waals surface area (Å²) in [6.45, 7) is 0. The predicted octanol–water partition coefficient (Wildman–Crippen LogP) is 5.15. The van der Waals surface area contributed by atoms with Gasteiger partial charge in [-0.25, -0.2) is 4.98 Å². The molecule has 1 fully saturated rings. The van der Waals surface area contributed by atoms with Crippen LogP contribution in [0.5, 0.6) is 0 Å². The molecule has 1 aliphatic carbocycles. The molecule has 1 aromatic heterocycles. The average molecular weight is 349 g/mol. The van der Waals surface area contributed by atoms with Crippen molar-refractivity contribution >= 4 is 28.1 Å². The number of H-pyrrole nitrogens is 1. The Bertz CT molecular complexity index is 660. The lowest BCUT2D eigenvalue weighted by Crippen LogP contribution is -2.04. The maximum Gasteiger partial charge on any atom is 0.130 e. The highest BCUT2D eigenvalue weighted by Crippen LogP contribution is 2.33. The Morgan fingerprint density at radius 2 is 2.05 bits per heavy atom. The van der Waals surface area contributed by atoms with Gasteiger partial charge < -0.3 is 4.98 Å². The molecular weight excluding hydrogens is 332 g/mol. The van der Waals surface area contributed by atoms with E-state index in [1.807, 2.05) is 12.1 Å². The van der Waals surface area contributed by atoms with Crippen molar-refractivity contribution in [3.8, 4) is 0 Å². The van der Waals surface area contributed by atoms with E-state index in [9.17, 15) is 0 Å². The first-order valence-corrected chi connectivity index (χ1v) is 8.25. The molecule has 4 heteroatoms. The lowest BCUT2D eigenvalue weighted by molar-refractivity contribution is 0.685. The van der Waals surface area contributed by atoms with Gasteiger partial charge >= 0.3 is 0 Å². The minimum atomic E-state index is 0.640. The molecule has 1 saturated carbocycles. The molecule has 20 heavy (non-hydrogen) atoms. The van der Waals surface area contributed by atoms with E-state index in [1.54, 1.807) is 0 Å². The van der Waals surface area contributed by atoms with Crippen molar-refractivity contribution in [2.75, 3.05) is 0 Å². The standard InChI is InChI=1S/C16H17BrN2S/c17-13-7-3-4-11(8-13)9-15-18-14(10-16(20)19-15)12-5-1-2-6-12/h3-4,7-8,10,12H,1-2,5-6,9H2,(H,18,19,20). The van der Waals surface area contributed by atoms with Crippen molar-refractivity contribution in [2.45, 2.75) is 38.0 Å². The SMILES string of the molecule is S=c1cc(C2CCCC2)[nH]c(Cc2cccc(Br)c2)n1. The van der Waals surface area contributed by atoms with Crippen molar-refractivity contribution in [3.05, 3.63) is 56.5 Å². The molecule has 0 spiro atoms. The second-order valence-electron chi connectivity index (χ2n) is 5.41. The molecule has 2 aromatic rings. The molecule has 0 amide bonds. The summed E-state index contributed by atoms with van der Waals surface area (Å²) in [4.78, 5) is 7.98. The van der Waals surface area contributed by atoms with E-state index in [1.165, 1.54) is 36.9 Å². The van der Waals surface area contributed by atoms with E-state index in [4.69, 9.17) is 12.2 Å².